The molecule has 566 valence electrons. The lowest BCUT2D eigenvalue weighted by Crippen LogP contribution is -2.30. The molecule has 0 bridgehead atoms. The second-order valence-corrected chi connectivity index (χ2v) is 31.4. The van der Waals surface area contributed by atoms with Crippen molar-refractivity contribution in [1.82, 2.24) is 0 Å². The molecule has 0 aliphatic rings. The van der Waals surface area contributed by atoms with Crippen LogP contribution in [0, 0.1) is 17.8 Å². The fourth-order valence-corrected chi connectivity index (χ4v) is 12.8. The molecule has 17 nitrogen and oxygen atoms in total. The van der Waals surface area contributed by atoms with Gasteiger partial charge in [0, 0.05) is 25.7 Å². The third-order valence-electron chi connectivity index (χ3n) is 17.3. The first-order valence-corrected chi connectivity index (χ1v) is 42.2. The number of rotatable bonds is 73. The zero-order valence-corrected chi connectivity index (χ0v) is 64.1. The summed E-state index contributed by atoms with van der Waals surface area (Å²) in [6.07, 6.45) is 56.3. The van der Waals surface area contributed by atoms with Crippen molar-refractivity contribution < 1.29 is 80.2 Å². The van der Waals surface area contributed by atoms with E-state index in [-0.39, 0.29) is 25.7 Å². The molecule has 0 spiro atoms. The van der Waals surface area contributed by atoms with Gasteiger partial charge in [-0.15, -0.1) is 0 Å². The number of carbonyl (C=O) groups excluding carboxylic acids is 4. The number of phosphoric acid groups is 2. The highest BCUT2D eigenvalue weighted by Gasteiger charge is 2.30. The molecule has 0 aliphatic carbocycles. The van der Waals surface area contributed by atoms with Gasteiger partial charge in [0.1, 0.15) is 19.3 Å². The van der Waals surface area contributed by atoms with Gasteiger partial charge in [-0.25, -0.2) is 9.13 Å². The zero-order valence-electron chi connectivity index (χ0n) is 62.3. The summed E-state index contributed by atoms with van der Waals surface area (Å²) in [6, 6.07) is 0. The van der Waals surface area contributed by atoms with Gasteiger partial charge in [-0.3, -0.25) is 37.3 Å². The molecule has 0 saturated carbocycles. The second kappa shape index (κ2) is 67.1. The van der Waals surface area contributed by atoms with E-state index in [1.807, 2.05) is 0 Å². The summed E-state index contributed by atoms with van der Waals surface area (Å²) < 4.78 is 68.5. The van der Waals surface area contributed by atoms with Gasteiger partial charge >= 0.3 is 39.5 Å². The van der Waals surface area contributed by atoms with Crippen molar-refractivity contribution in [2.24, 2.45) is 17.8 Å². The number of esters is 4. The minimum absolute atomic E-state index is 0.0996. The third-order valence-corrected chi connectivity index (χ3v) is 19.2. The molecule has 3 unspecified atom stereocenters. The minimum Gasteiger partial charge on any atom is -0.462 e. The predicted octanol–water partition coefficient (Wildman–Crippen LogP) is 22.1. The minimum atomic E-state index is -4.97. The first-order chi connectivity index (χ1) is 46.2. The van der Waals surface area contributed by atoms with Crippen molar-refractivity contribution in [3.63, 3.8) is 0 Å². The number of hydrogen-bond donors (Lipinski definition) is 3. The molecule has 0 aliphatic heterocycles. The van der Waals surface area contributed by atoms with E-state index in [1.165, 1.54) is 154 Å². The summed E-state index contributed by atoms with van der Waals surface area (Å²) in [7, 11) is -9.93. The number of phosphoric ester groups is 2. The van der Waals surface area contributed by atoms with E-state index in [9.17, 15) is 43.2 Å². The van der Waals surface area contributed by atoms with Gasteiger partial charge in [-0.1, -0.05) is 317 Å². The van der Waals surface area contributed by atoms with Crippen molar-refractivity contribution in [3.8, 4) is 0 Å². The van der Waals surface area contributed by atoms with Crippen LogP contribution in [0.2, 0.25) is 0 Å². The van der Waals surface area contributed by atoms with Gasteiger partial charge in [0.25, 0.3) is 0 Å². The molecule has 0 aromatic rings. The van der Waals surface area contributed by atoms with Crippen molar-refractivity contribution >= 4 is 39.5 Å². The van der Waals surface area contributed by atoms with Crippen LogP contribution in [0.15, 0.2) is 24.3 Å². The quantitative estimate of drug-likeness (QED) is 0.0169. The van der Waals surface area contributed by atoms with E-state index in [1.54, 1.807) is 0 Å². The first kappa shape index (κ1) is 93.5. The van der Waals surface area contributed by atoms with Crippen LogP contribution >= 0.6 is 15.6 Å². The third kappa shape index (κ3) is 70.0. The highest BCUT2D eigenvalue weighted by Crippen LogP contribution is 2.45. The standard InChI is InChI=1S/C77H146O17P2/c1-8-9-10-11-12-13-14-15-16-19-25-30-37-44-51-58-74(79)87-64-72(93-77(82)61-54-47-39-32-27-22-21-24-29-35-42-49-56-69(4)5)66-91-95(83,84)89-62-71(78)63-90-96(85,86)92-67-73(65-88-75(80)59-52-45-40-33-36-43-50-57-70(6)7)94-76(81)60-53-46-38-31-26-20-17-18-23-28-34-41-48-55-68(2)3/h13-16,68-73,78H,8-12,17-67H2,1-7H3,(H,83,84)(H,85,86)/b14-13-,16-15-/t71?,72-,73-/m1/s1. The molecule has 0 aromatic heterocycles. The molecule has 0 fully saturated rings. The molecular formula is C77H146O17P2. The second-order valence-electron chi connectivity index (χ2n) is 28.5. The van der Waals surface area contributed by atoms with Gasteiger partial charge in [0.2, 0.25) is 0 Å². The van der Waals surface area contributed by atoms with Crippen LogP contribution in [0.4, 0.5) is 0 Å². The number of carbonyl (C=O) groups is 4. The molecule has 0 saturated heterocycles. The van der Waals surface area contributed by atoms with Crippen LogP contribution in [-0.4, -0.2) is 96.7 Å². The molecule has 0 radical (unpaired) electrons. The SMILES string of the molecule is CCCCCC/C=C\C=C/CCCCCCCC(=O)OC[C@H](COP(=O)(O)OCC(O)COP(=O)(O)OC[C@@H](COC(=O)CCCCCCCCCC(C)C)OC(=O)CCCCCCCCCCCCCCCC(C)C)OC(=O)CCCCCCCCCCCCCCC(C)C. The number of aliphatic hydroxyl groups excluding tert-OH is 1. The maximum Gasteiger partial charge on any atom is 0.472 e. The van der Waals surface area contributed by atoms with Gasteiger partial charge in [0.05, 0.1) is 26.4 Å². The number of unbranched alkanes of at least 4 members (excludes halogenated alkanes) is 38. The Balaban J connectivity index is 5.29. The summed E-state index contributed by atoms with van der Waals surface area (Å²) in [6.45, 7) is 11.8. The van der Waals surface area contributed by atoms with E-state index >= 15 is 0 Å². The molecule has 3 N–H and O–H groups in total. The summed E-state index contributed by atoms with van der Waals surface area (Å²) in [4.78, 5) is 72.8. The lowest BCUT2D eigenvalue weighted by molar-refractivity contribution is -0.161. The van der Waals surface area contributed by atoms with Gasteiger partial charge in [0.15, 0.2) is 12.2 Å². The molecule has 19 heteroatoms. The van der Waals surface area contributed by atoms with Gasteiger partial charge < -0.3 is 33.8 Å². The topological polar surface area (TPSA) is 237 Å². The molecule has 96 heavy (non-hydrogen) atoms. The largest absolute Gasteiger partial charge is 0.472 e. The van der Waals surface area contributed by atoms with Crippen molar-refractivity contribution in [2.75, 3.05) is 39.6 Å². The molecule has 0 rings (SSSR count). The summed E-state index contributed by atoms with van der Waals surface area (Å²) in [5.41, 5.74) is 0. The van der Waals surface area contributed by atoms with Crippen molar-refractivity contribution in [2.45, 2.75) is 388 Å². The molecular weight excluding hydrogens is 1260 g/mol. The first-order valence-electron chi connectivity index (χ1n) is 39.2. The monoisotopic (exact) mass is 1410 g/mol. The van der Waals surface area contributed by atoms with Crippen molar-refractivity contribution in [1.29, 1.82) is 0 Å². The molecule has 5 atom stereocenters. The molecule has 0 amide bonds. The normalized spacial score (nSPS) is 14.2. The predicted molar refractivity (Wildman–Crippen MR) is 390 cm³/mol. The average molecular weight is 1410 g/mol. The Morgan fingerprint density at radius 2 is 0.562 bits per heavy atom. The fourth-order valence-electron chi connectivity index (χ4n) is 11.2. The number of hydrogen-bond acceptors (Lipinski definition) is 15. The Morgan fingerprint density at radius 1 is 0.323 bits per heavy atom. The molecule has 0 aromatic carbocycles. The number of aliphatic hydroxyl groups is 1. The van der Waals surface area contributed by atoms with Gasteiger partial charge in [-0.05, 0) is 69.1 Å². The Hall–Kier alpha value is -2.46. The van der Waals surface area contributed by atoms with Crippen LogP contribution in [0.25, 0.3) is 0 Å². The summed E-state index contributed by atoms with van der Waals surface area (Å²) >= 11 is 0. The van der Waals surface area contributed by atoms with Crippen LogP contribution < -0.4 is 0 Å². The number of ether oxygens (including phenoxy) is 4. The lowest BCUT2D eigenvalue weighted by Gasteiger charge is -2.21. The Kier molecular flexibility index (Phi) is 65.3. The van der Waals surface area contributed by atoms with Crippen LogP contribution in [0.5, 0.6) is 0 Å². The smallest absolute Gasteiger partial charge is 0.462 e. The van der Waals surface area contributed by atoms with E-state index in [4.69, 9.17) is 37.0 Å². The van der Waals surface area contributed by atoms with Crippen LogP contribution in [0.1, 0.15) is 370 Å². The summed E-state index contributed by atoms with van der Waals surface area (Å²) in [5, 5.41) is 10.6. The highest BCUT2D eigenvalue weighted by molar-refractivity contribution is 7.47. The number of allylic oxidation sites excluding steroid dienone is 4. The van der Waals surface area contributed by atoms with Crippen LogP contribution in [-0.2, 0) is 65.4 Å². The Labute approximate surface area is 586 Å². The van der Waals surface area contributed by atoms with E-state index in [0.29, 0.717) is 31.6 Å². The van der Waals surface area contributed by atoms with Crippen LogP contribution in [0.3, 0.4) is 0 Å². The Bertz CT molecular complexity index is 1960. The summed E-state index contributed by atoms with van der Waals surface area (Å²) in [5.74, 6) is 0.115. The van der Waals surface area contributed by atoms with Gasteiger partial charge in [-0.2, -0.15) is 0 Å². The van der Waals surface area contributed by atoms with E-state index < -0.39 is 97.5 Å². The van der Waals surface area contributed by atoms with E-state index in [0.717, 1.165) is 127 Å². The van der Waals surface area contributed by atoms with E-state index in [2.05, 4.69) is 72.8 Å². The lowest BCUT2D eigenvalue weighted by atomic mass is 10.0. The molecule has 0 heterocycles. The fraction of sp³-hybridized carbons (Fsp3) is 0.896. The maximum atomic E-state index is 13.1. The Morgan fingerprint density at radius 3 is 0.844 bits per heavy atom. The highest BCUT2D eigenvalue weighted by atomic mass is 31.2. The maximum absolute atomic E-state index is 13.1. The average Bonchev–Trinajstić information content (AvgIpc) is 1.50. The van der Waals surface area contributed by atoms with Crippen molar-refractivity contribution in [3.05, 3.63) is 24.3 Å². The zero-order chi connectivity index (χ0) is 70.9.